The minimum absolute atomic E-state index is 0.0164. The maximum absolute atomic E-state index is 13.4. The van der Waals surface area contributed by atoms with Crippen LogP contribution >= 0.6 is 15.9 Å². The third kappa shape index (κ3) is 9.03. The minimum Gasteiger partial charge on any atom is -0.493 e. The van der Waals surface area contributed by atoms with E-state index in [1.165, 1.54) is 44.6 Å². The molecule has 236 valence electrons. The van der Waals surface area contributed by atoms with Gasteiger partial charge >= 0.3 is 29.8 Å². The lowest BCUT2D eigenvalue weighted by Crippen LogP contribution is -2.48. The highest BCUT2D eigenvalue weighted by atomic mass is 79.9. The summed E-state index contributed by atoms with van der Waals surface area (Å²) in [6, 6.07) is 13.4. The number of benzene rings is 3. The molecule has 0 saturated heterocycles. The molecule has 3 aromatic carbocycles. The summed E-state index contributed by atoms with van der Waals surface area (Å²) in [5, 5.41) is 12.5. The van der Waals surface area contributed by atoms with Gasteiger partial charge in [0.15, 0.2) is 23.0 Å². The number of para-hydroxylation sites is 1. The van der Waals surface area contributed by atoms with Crippen LogP contribution in [0.4, 0.5) is 5.69 Å². The number of rotatable bonds is 12. The molecule has 0 unspecified atom stereocenters. The molecule has 0 heterocycles. The Balaban J connectivity index is 1.98. The number of carboxylic acid groups (broad SMARTS) is 1. The first-order valence-corrected chi connectivity index (χ1v) is 13.6. The number of halogens is 1. The number of ether oxygens (including phenoxy) is 6. The minimum atomic E-state index is -2.36. The molecule has 3 rings (SSSR count). The molecule has 3 aromatic rings. The quantitative estimate of drug-likeness (QED) is 0.207. The lowest BCUT2D eigenvalue weighted by Gasteiger charge is -2.24. The van der Waals surface area contributed by atoms with Crippen LogP contribution in [0.1, 0.15) is 34.6 Å². The zero-order chi connectivity index (χ0) is 33.3. The second-order valence-corrected chi connectivity index (χ2v) is 9.73. The zero-order valence-electron chi connectivity index (χ0n) is 24.2. The van der Waals surface area contributed by atoms with Crippen LogP contribution in [0.3, 0.4) is 0 Å². The van der Waals surface area contributed by atoms with E-state index in [0.29, 0.717) is 4.47 Å². The lowest BCUT2D eigenvalue weighted by molar-refractivity contribution is -0.157. The topological polar surface area (TPSA) is 190 Å². The normalized spacial score (nSPS) is 11.7. The fourth-order valence-electron chi connectivity index (χ4n) is 3.70. The number of methoxy groups -OCH3 is 2. The molecule has 0 saturated carbocycles. The Labute approximate surface area is 264 Å². The number of hydrogen-bond acceptors (Lipinski definition) is 12. The predicted octanol–water partition coefficient (Wildman–Crippen LogP) is 3.79. The zero-order valence-corrected chi connectivity index (χ0v) is 25.7. The largest absolute Gasteiger partial charge is 0.493 e. The van der Waals surface area contributed by atoms with E-state index in [2.05, 4.69) is 21.2 Å². The van der Waals surface area contributed by atoms with Gasteiger partial charge < -0.3 is 38.8 Å². The number of carboxylic acids is 1. The summed E-state index contributed by atoms with van der Waals surface area (Å²) < 4.78 is 31.2. The van der Waals surface area contributed by atoms with Crippen molar-refractivity contribution in [1.29, 1.82) is 0 Å². The maximum Gasteiger partial charge on any atom is 0.349 e. The van der Waals surface area contributed by atoms with E-state index in [9.17, 15) is 33.9 Å². The van der Waals surface area contributed by atoms with Crippen LogP contribution in [0.5, 0.6) is 23.0 Å². The molecule has 14 nitrogen and oxygen atoms in total. The van der Waals surface area contributed by atoms with Crippen LogP contribution in [0.2, 0.25) is 0 Å². The van der Waals surface area contributed by atoms with Crippen molar-refractivity contribution in [3.8, 4) is 23.0 Å². The maximum atomic E-state index is 13.4. The van der Waals surface area contributed by atoms with E-state index >= 15 is 0 Å². The molecule has 45 heavy (non-hydrogen) atoms. The Kier molecular flexibility index (Phi) is 11.6. The Bertz CT molecular complexity index is 1640. The van der Waals surface area contributed by atoms with Gasteiger partial charge in [-0.3, -0.25) is 14.4 Å². The van der Waals surface area contributed by atoms with Crippen molar-refractivity contribution in [1.82, 2.24) is 0 Å². The van der Waals surface area contributed by atoms with Crippen LogP contribution in [0, 0.1) is 0 Å². The molecule has 0 spiro atoms. The summed E-state index contributed by atoms with van der Waals surface area (Å²) >= 11 is 3.25. The highest BCUT2D eigenvalue weighted by molar-refractivity contribution is 9.10. The SMILES string of the molecule is COc1cc(C(=O)O[C@H](C(=O)O)[C@H](OC(=O)c2ccc(OC(C)=O)c(OC)c2)C(=O)Nc2ccccc2Br)ccc1OC(C)=O. The van der Waals surface area contributed by atoms with Crippen molar-refractivity contribution >= 4 is 57.4 Å². The Morgan fingerprint density at radius 3 is 1.58 bits per heavy atom. The molecular formula is C30H26BrNO13. The molecule has 0 aliphatic rings. The summed E-state index contributed by atoms with van der Waals surface area (Å²) in [4.78, 5) is 74.8. The highest BCUT2D eigenvalue weighted by Crippen LogP contribution is 2.31. The van der Waals surface area contributed by atoms with Crippen molar-refractivity contribution in [2.24, 2.45) is 0 Å². The Hall–Kier alpha value is -5.44. The summed E-state index contributed by atoms with van der Waals surface area (Å²) in [5.41, 5.74) is -0.268. The number of hydrogen-bond donors (Lipinski definition) is 2. The van der Waals surface area contributed by atoms with Crippen molar-refractivity contribution in [3.63, 3.8) is 0 Å². The third-order valence-corrected chi connectivity index (χ3v) is 6.37. The van der Waals surface area contributed by atoms with Gasteiger partial charge in [0.25, 0.3) is 5.91 Å². The number of aliphatic carboxylic acids is 1. The Morgan fingerprint density at radius 2 is 1.16 bits per heavy atom. The number of amides is 1. The van der Waals surface area contributed by atoms with Gasteiger partial charge in [0.05, 0.1) is 31.0 Å². The Morgan fingerprint density at radius 1 is 0.689 bits per heavy atom. The molecule has 0 bridgehead atoms. The van der Waals surface area contributed by atoms with E-state index < -0.39 is 48.0 Å². The van der Waals surface area contributed by atoms with Crippen molar-refractivity contribution < 1.29 is 62.3 Å². The average molecular weight is 688 g/mol. The second kappa shape index (κ2) is 15.3. The van der Waals surface area contributed by atoms with E-state index in [1.807, 2.05) is 0 Å². The first-order chi connectivity index (χ1) is 21.3. The van der Waals surface area contributed by atoms with Crippen molar-refractivity contribution in [2.75, 3.05) is 19.5 Å². The van der Waals surface area contributed by atoms with Gasteiger partial charge in [-0.1, -0.05) is 12.1 Å². The van der Waals surface area contributed by atoms with Gasteiger partial charge in [-0.15, -0.1) is 0 Å². The van der Waals surface area contributed by atoms with Gasteiger partial charge in [0, 0.05) is 18.3 Å². The van der Waals surface area contributed by atoms with Crippen molar-refractivity contribution in [2.45, 2.75) is 26.1 Å². The molecular weight excluding hydrogens is 662 g/mol. The number of carbonyl (C=O) groups excluding carboxylic acids is 5. The van der Waals surface area contributed by atoms with Gasteiger partial charge in [-0.25, -0.2) is 14.4 Å². The van der Waals surface area contributed by atoms with Gasteiger partial charge in [0.2, 0.25) is 12.2 Å². The van der Waals surface area contributed by atoms with Crippen LogP contribution in [-0.4, -0.2) is 67.3 Å². The van der Waals surface area contributed by atoms with Gasteiger partial charge in [0.1, 0.15) is 0 Å². The molecule has 0 aromatic heterocycles. The van der Waals surface area contributed by atoms with E-state index in [0.717, 1.165) is 26.0 Å². The fourth-order valence-corrected chi connectivity index (χ4v) is 4.08. The summed E-state index contributed by atoms with van der Waals surface area (Å²) in [6.45, 7) is 2.32. The molecule has 1 amide bonds. The second-order valence-electron chi connectivity index (χ2n) is 8.88. The first kappa shape index (κ1) is 34.1. The standard InChI is InChI=1S/C30H26BrNO13/c1-15(33)42-21-11-9-17(13-23(21)40-3)29(38)44-25(27(35)32-20-8-6-5-7-19(20)31)26(28(36)37)45-30(39)18-10-12-22(43-16(2)34)24(14-18)41-4/h5-14,25-26H,1-4H3,(H,32,35)(H,36,37)/t25-,26-/m0/s1. The van der Waals surface area contributed by atoms with Crippen LogP contribution in [-0.2, 0) is 28.7 Å². The molecule has 0 aliphatic carbocycles. The molecule has 0 radical (unpaired) electrons. The van der Waals surface area contributed by atoms with Crippen LogP contribution < -0.4 is 24.3 Å². The lowest BCUT2D eigenvalue weighted by atomic mass is 10.1. The molecule has 2 N–H and O–H groups in total. The number of esters is 4. The van der Waals surface area contributed by atoms with Crippen LogP contribution in [0.25, 0.3) is 0 Å². The van der Waals surface area contributed by atoms with E-state index in [4.69, 9.17) is 28.4 Å². The van der Waals surface area contributed by atoms with E-state index in [-0.39, 0.29) is 39.8 Å². The molecule has 0 aliphatic heterocycles. The number of carbonyl (C=O) groups is 6. The first-order valence-electron chi connectivity index (χ1n) is 12.8. The number of anilines is 1. The van der Waals surface area contributed by atoms with E-state index in [1.54, 1.807) is 18.2 Å². The van der Waals surface area contributed by atoms with Gasteiger partial charge in [-0.05, 0) is 64.5 Å². The molecule has 15 heteroatoms. The van der Waals surface area contributed by atoms with Crippen LogP contribution in [0.15, 0.2) is 65.1 Å². The fraction of sp³-hybridized carbons (Fsp3) is 0.200. The summed E-state index contributed by atoms with van der Waals surface area (Å²) in [7, 11) is 2.49. The molecule has 0 fully saturated rings. The summed E-state index contributed by atoms with van der Waals surface area (Å²) in [5.74, 6) is -6.86. The average Bonchev–Trinajstić information content (AvgIpc) is 2.99. The van der Waals surface area contributed by atoms with Crippen molar-refractivity contribution in [3.05, 3.63) is 76.3 Å². The highest BCUT2D eigenvalue weighted by Gasteiger charge is 2.41. The summed E-state index contributed by atoms with van der Waals surface area (Å²) in [6.07, 6.45) is -4.59. The monoisotopic (exact) mass is 687 g/mol. The molecule has 2 atom stereocenters. The van der Waals surface area contributed by atoms with Gasteiger partial charge in [-0.2, -0.15) is 0 Å². The number of nitrogens with one attached hydrogen (secondary N) is 1. The third-order valence-electron chi connectivity index (χ3n) is 5.68. The predicted molar refractivity (Wildman–Crippen MR) is 157 cm³/mol. The smallest absolute Gasteiger partial charge is 0.349 e.